The largest absolute Gasteiger partial charge is 0.361 e. The summed E-state index contributed by atoms with van der Waals surface area (Å²) >= 11 is 0. The lowest BCUT2D eigenvalue weighted by atomic mass is 9.92. The summed E-state index contributed by atoms with van der Waals surface area (Å²) in [6, 6.07) is 16.0. The third-order valence-electron chi connectivity index (χ3n) is 6.77. The number of aromatic nitrogens is 8. The molecule has 2 aromatic carbocycles. The van der Waals surface area contributed by atoms with Gasteiger partial charge in [-0.05, 0) is 34.2 Å². The van der Waals surface area contributed by atoms with Crippen LogP contribution in [-0.4, -0.2) is 46.4 Å². The van der Waals surface area contributed by atoms with Crippen molar-refractivity contribution >= 4 is 11.2 Å². The molecule has 0 aliphatic heterocycles. The van der Waals surface area contributed by atoms with Gasteiger partial charge in [-0.2, -0.15) is 5.21 Å². The zero-order valence-electron chi connectivity index (χ0n) is 23.0. The van der Waals surface area contributed by atoms with Crippen LogP contribution in [0.1, 0.15) is 45.3 Å². The fourth-order valence-corrected chi connectivity index (χ4v) is 4.77. The molecule has 0 spiro atoms. The van der Waals surface area contributed by atoms with E-state index in [1.165, 1.54) is 11.7 Å². The number of H-pyrrole nitrogens is 1. The van der Waals surface area contributed by atoms with Crippen molar-refractivity contribution in [2.75, 3.05) is 7.11 Å². The third kappa shape index (κ3) is 4.92. The van der Waals surface area contributed by atoms with Gasteiger partial charge in [-0.25, -0.2) is 14.3 Å². The number of aromatic amines is 1. The second kappa shape index (κ2) is 10.1. The summed E-state index contributed by atoms with van der Waals surface area (Å²) < 4.78 is 9.84. The molecule has 0 amide bonds. The first-order chi connectivity index (χ1) is 18.6. The first-order valence-corrected chi connectivity index (χ1v) is 12.7. The predicted octanol–water partition coefficient (Wildman–Crippen LogP) is 3.55. The number of imidazole rings is 1. The molecule has 1 atom stereocenters. The SMILES string of the molecule is COC(C)n1c(=O)c2c(nc(CC(C)(C)C)n2Cc2ccc(-c3ccccc3-c3nn[nH]n3)cc2)n(C)c1=O. The number of tetrazole rings is 1. The second-order valence-electron chi connectivity index (χ2n) is 10.9. The summed E-state index contributed by atoms with van der Waals surface area (Å²) in [5.74, 6) is 1.28. The Balaban J connectivity index is 1.61. The molecule has 5 rings (SSSR count). The Bertz CT molecular complexity index is 1740. The monoisotopic (exact) mass is 528 g/mol. The van der Waals surface area contributed by atoms with Gasteiger partial charge in [-0.15, -0.1) is 10.2 Å². The smallest absolute Gasteiger partial charge is 0.334 e. The summed E-state index contributed by atoms with van der Waals surface area (Å²) in [4.78, 5) is 31.5. The van der Waals surface area contributed by atoms with Crippen molar-refractivity contribution in [1.29, 1.82) is 0 Å². The molecular formula is C28H32N8O3. The zero-order valence-corrected chi connectivity index (χ0v) is 23.0. The molecule has 0 bridgehead atoms. The molecule has 1 N–H and O–H groups in total. The van der Waals surface area contributed by atoms with E-state index in [0.717, 1.165) is 32.6 Å². The number of nitrogens with one attached hydrogen (secondary N) is 1. The molecule has 1 unspecified atom stereocenters. The van der Waals surface area contributed by atoms with Crippen LogP contribution in [0.4, 0.5) is 0 Å². The lowest BCUT2D eigenvalue weighted by Gasteiger charge is -2.19. The van der Waals surface area contributed by atoms with E-state index in [9.17, 15) is 9.59 Å². The first-order valence-electron chi connectivity index (χ1n) is 12.7. The average molecular weight is 529 g/mol. The summed E-state index contributed by atoms with van der Waals surface area (Å²) in [5.41, 5.74) is 3.65. The molecule has 3 aromatic heterocycles. The molecule has 3 heterocycles. The molecule has 11 heteroatoms. The zero-order chi connectivity index (χ0) is 27.9. The van der Waals surface area contributed by atoms with Crippen LogP contribution >= 0.6 is 0 Å². The van der Waals surface area contributed by atoms with Crippen LogP contribution in [0.25, 0.3) is 33.7 Å². The summed E-state index contributed by atoms with van der Waals surface area (Å²) in [6.45, 7) is 8.46. The van der Waals surface area contributed by atoms with Crippen molar-refractivity contribution < 1.29 is 4.74 Å². The summed E-state index contributed by atoms with van der Waals surface area (Å²) in [7, 11) is 3.11. The van der Waals surface area contributed by atoms with E-state index in [0.29, 0.717) is 30.0 Å². The first kappa shape index (κ1) is 26.2. The fraction of sp³-hybridized carbons (Fsp3) is 0.357. The van der Waals surface area contributed by atoms with Crippen LogP contribution in [-0.2, 0) is 24.8 Å². The van der Waals surface area contributed by atoms with Gasteiger partial charge in [0.25, 0.3) is 5.56 Å². The molecule has 0 radical (unpaired) electrons. The van der Waals surface area contributed by atoms with E-state index in [2.05, 4.69) is 41.4 Å². The Morgan fingerprint density at radius 1 is 1.03 bits per heavy atom. The van der Waals surface area contributed by atoms with Gasteiger partial charge in [0.2, 0.25) is 5.82 Å². The van der Waals surface area contributed by atoms with Crippen LogP contribution in [0.5, 0.6) is 0 Å². The molecule has 202 valence electrons. The molecule has 39 heavy (non-hydrogen) atoms. The number of ether oxygens (including phenoxy) is 1. The van der Waals surface area contributed by atoms with Crippen LogP contribution < -0.4 is 11.2 Å². The van der Waals surface area contributed by atoms with Crippen molar-refractivity contribution in [2.45, 2.75) is 46.9 Å². The molecule has 0 fully saturated rings. The number of hydrogen-bond donors (Lipinski definition) is 1. The van der Waals surface area contributed by atoms with Crippen molar-refractivity contribution in [3.05, 3.63) is 80.8 Å². The van der Waals surface area contributed by atoms with Gasteiger partial charge >= 0.3 is 5.69 Å². The molecule has 11 nitrogen and oxygen atoms in total. The van der Waals surface area contributed by atoms with Gasteiger partial charge in [0.1, 0.15) is 12.1 Å². The molecule has 0 aliphatic rings. The molecule has 0 saturated heterocycles. The fourth-order valence-electron chi connectivity index (χ4n) is 4.77. The van der Waals surface area contributed by atoms with Crippen LogP contribution in [0.15, 0.2) is 58.1 Å². The Morgan fingerprint density at radius 2 is 1.72 bits per heavy atom. The summed E-state index contributed by atoms with van der Waals surface area (Å²) in [6.07, 6.45) is -0.0840. The minimum atomic E-state index is -0.714. The van der Waals surface area contributed by atoms with Crippen LogP contribution in [0, 0.1) is 5.41 Å². The maximum Gasteiger partial charge on any atom is 0.334 e. The van der Waals surface area contributed by atoms with Crippen molar-refractivity contribution in [2.24, 2.45) is 12.5 Å². The molecule has 0 aliphatic carbocycles. The molecule has 0 saturated carbocycles. The predicted molar refractivity (Wildman–Crippen MR) is 148 cm³/mol. The van der Waals surface area contributed by atoms with Crippen LogP contribution in [0.2, 0.25) is 0 Å². The van der Waals surface area contributed by atoms with E-state index >= 15 is 0 Å². The highest BCUT2D eigenvalue weighted by Crippen LogP contribution is 2.30. The number of methoxy groups -OCH3 is 1. The van der Waals surface area contributed by atoms with E-state index in [4.69, 9.17) is 9.72 Å². The number of benzene rings is 2. The van der Waals surface area contributed by atoms with Crippen molar-refractivity contribution in [3.8, 4) is 22.5 Å². The van der Waals surface area contributed by atoms with Gasteiger partial charge in [0, 0.05) is 32.7 Å². The Kier molecular flexibility index (Phi) is 6.77. The maximum atomic E-state index is 13.7. The summed E-state index contributed by atoms with van der Waals surface area (Å²) in [5, 5.41) is 14.5. The van der Waals surface area contributed by atoms with Crippen molar-refractivity contribution in [3.63, 3.8) is 0 Å². The van der Waals surface area contributed by atoms with Gasteiger partial charge < -0.3 is 9.30 Å². The Morgan fingerprint density at radius 3 is 2.33 bits per heavy atom. The Labute approximate surface area is 225 Å². The number of rotatable bonds is 7. The van der Waals surface area contributed by atoms with Gasteiger partial charge in [0.05, 0.1) is 0 Å². The van der Waals surface area contributed by atoms with E-state index in [-0.39, 0.29) is 5.41 Å². The minimum absolute atomic E-state index is 0.0838. The number of fused-ring (bicyclic) bond motifs is 1. The maximum absolute atomic E-state index is 13.7. The molecule has 5 aromatic rings. The lowest BCUT2D eigenvalue weighted by molar-refractivity contribution is 0.0533. The number of hydrogen-bond acceptors (Lipinski definition) is 7. The standard InChI is InChI=1S/C28H32N8O3/c1-17(39-6)36-26(37)23-25(34(5)27(36)38)29-22(15-28(2,3)4)35(23)16-18-11-13-19(14-12-18)20-9-7-8-10-21(20)24-30-32-33-31-24/h7-14,17H,15-16H2,1-6H3,(H,30,31,32,33). The van der Waals surface area contributed by atoms with Gasteiger partial charge in [0.15, 0.2) is 11.2 Å². The van der Waals surface area contributed by atoms with Crippen molar-refractivity contribution in [1.82, 2.24) is 39.3 Å². The number of nitrogens with zero attached hydrogens (tertiary/aromatic N) is 7. The highest BCUT2D eigenvalue weighted by atomic mass is 16.5. The normalized spacial score (nSPS) is 12.8. The van der Waals surface area contributed by atoms with E-state index in [1.54, 1.807) is 14.0 Å². The van der Waals surface area contributed by atoms with Gasteiger partial charge in [-0.1, -0.05) is 69.3 Å². The lowest BCUT2D eigenvalue weighted by Crippen LogP contribution is -2.41. The van der Waals surface area contributed by atoms with Crippen LogP contribution in [0.3, 0.4) is 0 Å². The minimum Gasteiger partial charge on any atom is -0.361 e. The Hall–Kier alpha value is -4.38. The number of aryl methyl sites for hydroxylation is 1. The van der Waals surface area contributed by atoms with Gasteiger partial charge in [-0.3, -0.25) is 9.36 Å². The second-order valence-corrected chi connectivity index (χ2v) is 10.9. The average Bonchev–Trinajstić information content (AvgIpc) is 3.56. The highest BCUT2D eigenvalue weighted by molar-refractivity contribution is 5.80. The topological polar surface area (TPSA) is 126 Å². The van der Waals surface area contributed by atoms with E-state index < -0.39 is 17.5 Å². The quantitative estimate of drug-likeness (QED) is 0.342. The molecular weight excluding hydrogens is 496 g/mol. The third-order valence-corrected chi connectivity index (χ3v) is 6.77. The highest BCUT2D eigenvalue weighted by Gasteiger charge is 2.25. The van der Waals surface area contributed by atoms with E-state index in [1.807, 2.05) is 53.1 Å².